The molecular weight excluding hydrogens is 380 g/mol. The minimum absolute atomic E-state index is 0.130. The van der Waals surface area contributed by atoms with Gasteiger partial charge in [0.15, 0.2) is 12.3 Å². The van der Waals surface area contributed by atoms with Crippen LogP contribution in [0, 0.1) is 6.92 Å². The van der Waals surface area contributed by atoms with Gasteiger partial charge in [-0.05, 0) is 37.3 Å². The van der Waals surface area contributed by atoms with Crippen LogP contribution < -0.4 is 15.1 Å². The predicted octanol–water partition coefficient (Wildman–Crippen LogP) is 0.558. The van der Waals surface area contributed by atoms with Crippen LogP contribution in [0.15, 0.2) is 39.6 Å². The number of likely N-dealkylation sites (N-methyl/N-ethyl adjacent to an activating group) is 1. The van der Waals surface area contributed by atoms with Crippen molar-refractivity contribution in [1.82, 2.24) is 4.31 Å². The number of furan rings is 1. The molecule has 2 rings (SSSR count). The Bertz CT molecular complexity index is 935. The van der Waals surface area contributed by atoms with Gasteiger partial charge in [-0.15, -0.1) is 0 Å². The molecule has 2 N–H and O–H groups in total. The number of benzene rings is 1. The van der Waals surface area contributed by atoms with Gasteiger partial charge in [0.2, 0.25) is 10.0 Å². The Kier molecular flexibility index (Phi) is 6.87. The molecule has 28 heavy (non-hydrogen) atoms. The van der Waals surface area contributed by atoms with Crippen molar-refractivity contribution < 1.29 is 22.5 Å². The second-order valence-corrected chi connectivity index (χ2v) is 9.38. The van der Waals surface area contributed by atoms with E-state index in [0.717, 1.165) is 26.4 Å². The highest BCUT2D eigenvalue weighted by atomic mass is 32.2. The van der Waals surface area contributed by atoms with E-state index in [-0.39, 0.29) is 17.3 Å². The molecule has 8 nitrogen and oxygen atoms in total. The summed E-state index contributed by atoms with van der Waals surface area (Å²) in [6, 6.07) is 8.51. The average molecular weight is 410 g/mol. The number of nitrogens with zero attached hydrogens (tertiary/aromatic N) is 2. The van der Waals surface area contributed by atoms with Crippen LogP contribution in [-0.4, -0.2) is 60.4 Å². The van der Waals surface area contributed by atoms with Gasteiger partial charge in [-0.1, -0.05) is 0 Å². The zero-order chi connectivity index (χ0) is 21.1. The minimum atomic E-state index is -3.59. The molecule has 0 radical (unpaired) electrons. The van der Waals surface area contributed by atoms with Gasteiger partial charge in [0, 0.05) is 28.2 Å². The summed E-state index contributed by atoms with van der Waals surface area (Å²) in [6.45, 7) is 2.68. The molecule has 1 atom stereocenters. The van der Waals surface area contributed by atoms with Crippen LogP contribution in [-0.2, 0) is 21.4 Å². The standard InChI is InChI=1S/C19H28N4O4S/c1-14-7-8-15(27-14)12-23(6)13-19(24)20-17-11-16(28(25,26)22(4)5)9-10-18(17)21(2)3/h7-11H,12-13H2,1-6H3,(H,20,24)/p+1. The number of nitrogens with one attached hydrogen (secondary N) is 2. The number of rotatable bonds is 8. The van der Waals surface area contributed by atoms with E-state index in [9.17, 15) is 13.2 Å². The van der Waals surface area contributed by atoms with E-state index >= 15 is 0 Å². The van der Waals surface area contributed by atoms with E-state index < -0.39 is 10.0 Å². The molecule has 9 heteroatoms. The lowest BCUT2D eigenvalue weighted by molar-refractivity contribution is -0.886. The Morgan fingerprint density at radius 1 is 1.14 bits per heavy atom. The number of anilines is 2. The van der Waals surface area contributed by atoms with Crippen molar-refractivity contribution in [2.45, 2.75) is 18.4 Å². The van der Waals surface area contributed by atoms with Gasteiger partial charge in [0.25, 0.3) is 5.91 Å². The molecule has 0 aliphatic carbocycles. The molecule has 1 aromatic heterocycles. The van der Waals surface area contributed by atoms with Crippen molar-refractivity contribution in [2.75, 3.05) is 52.0 Å². The molecule has 1 heterocycles. The molecule has 1 amide bonds. The number of sulfonamides is 1. The maximum Gasteiger partial charge on any atom is 0.279 e. The maximum atomic E-state index is 12.5. The highest BCUT2D eigenvalue weighted by Crippen LogP contribution is 2.28. The van der Waals surface area contributed by atoms with Gasteiger partial charge in [0.1, 0.15) is 12.3 Å². The van der Waals surface area contributed by atoms with E-state index in [1.54, 1.807) is 6.07 Å². The fraction of sp³-hybridized carbons (Fsp3) is 0.421. The van der Waals surface area contributed by atoms with E-state index in [1.807, 2.05) is 45.1 Å². The summed E-state index contributed by atoms with van der Waals surface area (Å²) < 4.78 is 31.5. The van der Waals surface area contributed by atoms with Crippen LogP contribution >= 0.6 is 0 Å². The number of carbonyl (C=O) groups excluding carboxylic acids is 1. The monoisotopic (exact) mass is 409 g/mol. The first-order chi connectivity index (χ1) is 13.0. The molecule has 154 valence electrons. The third-order valence-electron chi connectivity index (χ3n) is 4.24. The number of hydrogen-bond donors (Lipinski definition) is 2. The Morgan fingerprint density at radius 2 is 1.82 bits per heavy atom. The first-order valence-corrected chi connectivity index (χ1v) is 10.3. The highest BCUT2D eigenvalue weighted by molar-refractivity contribution is 7.89. The van der Waals surface area contributed by atoms with Gasteiger partial charge in [-0.25, -0.2) is 12.7 Å². The van der Waals surface area contributed by atoms with Crippen LogP contribution in [0.1, 0.15) is 11.5 Å². The number of aryl methyl sites for hydroxylation is 1. The van der Waals surface area contributed by atoms with Gasteiger partial charge in [-0.2, -0.15) is 0 Å². The second-order valence-electron chi connectivity index (χ2n) is 7.23. The fourth-order valence-electron chi connectivity index (χ4n) is 2.79. The summed E-state index contributed by atoms with van der Waals surface area (Å²) in [6.07, 6.45) is 0. The molecule has 1 aromatic carbocycles. The minimum Gasteiger partial charge on any atom is -0.460 e. The van der Waals surface area contributed by atoms with Crippen LogP contribution in [0.3, 0.4) is 0 Å². The van der Waals surface area contributed by atoms with Crippen molar-refractivity contribution in [2.24, 2.45) is 0 Å². The summed E-state index contributed by atoms with van der Waals surface area (Å²) in [7, 11) is 4.93. The Balaban J connectivity index is 2.17. The smallest absolute Gasteiger partial charge is 0.279 e. The normalized spacial score (nSPS) is 12.8. The van der Waals surface area contributed by atoms with E-state index in [1.165, 1.54) is 26.2 Å². The summed E-state index contributed by atoms with van der Waals surface area (Å²) in [5.74, 6) is 1.45. The first kappa shape index (κ1) is 21.9. The molecule has 0 bridgehead atoms. The van der Waals surface area contributed by atoms with Gasteiger partial charge in [-0.3, -0.25) is 4.79 Å². The third-order valence-corrected chi connectivity index (χ3v) is 6.05. The van der Waals surface area contributed by atoms with Crippen molar-refractivity contribution in [3.05, 3.63) is 41.9 Å². The average Bonchev–Trinajstić information content (AvgIpc) is 2.98. The van der Waals surface area contributed by atoms with Crippen molar-refractivity contribution in [3.63, 3.8) is 0 Å². The Hall–Kier alpha value is -2.36. The molecular formula is C19H29N4O4S+. The van der Waals surface area contributed by atoms with E-state index in [2.05, 4.69) is 5.32 Å². The topological polar surface area (TPSA) is 87.3 Å². The van der Waals surface area contributed by atoms with Crippen molar-refractivity contribution >= 4 is 27.3 Å². The van der Waals surface area contributed by atoms with Gasteiger partial charge in [0.05, 0.1) is 23.3 Å². The predicted molar refractivity (Wildman–Crippen MR) is 109 cm³/mol. The second kappa shape index (κ2) is 8.76. The molecule has 0 saturated carbocycles. The van der Waals surface area contributed by atoms with Crippen LogP contribution in [0.4, 0.5) is 11.4 Å². The molecule has 0 fully saturated rings. The van der Waals surface area contributed by atoms with Crippen LogP contribution in [0.5, 0.6) is 0 Å². The van der Waals surface area contributed by atoms with Gasteiger partial charge >= 0.3 is 0 Å². The summed E-state index contributed by atoms with van der Waals surface area (Å²) >= 11 is 0. The molecule has 0 aliphatic heterocycles. The molecule has 0 spiro atoms. The summed E-state index contributed by atoms with van der Waals surface area (Å²) in [4.78, 5) is 15.5. The fourth-order valence-corrected chi connectivity index (χ4v) is 3.71. The quantitative estimate of drug-likeness (QED) is 0.665. The SMILES string of the molecule is Cc1ccc(C[NH+](C)CC(=O)Nc2cc(S(=O)(=O)N(C)C)ccc2N(C)C)o1. The lowest BCUT2D eigenvalue weighted by atomic mass is 10.2. The number of carbonyl (C=O) groups is 1. The van der Waals surface area contributed by atoms with E-state index in [0.29, 0.717) is 12.2 Å². The molecule has 0 aliphatic rings. The largest absolute Gasteiger partial charge is 0.460 e. The first-order valence-electron chi connectivity index (χ1n) is 8.91. The van der Waals surface area contributed by atoms with Crippen LogP contribution in [0.25, 0.3) is 0 Å². The number of quaternary nitrogens is 1. The number of hydrogen-bond acceptors (Lipinski definition) is 5. The zero-order valence-electron chi connectivity index (χ0n) is 17.2. The van der Waals surface area contributed by atoms with Crippen LogP contribution in [0.2, 0.25) is 0 Å². The maximum absolute atomic E-state index is 12.5. The molecule has 2 aromatic rings. The third kappa shape index (κ3) is 5.34. The Labute approximate surface area is 166 Å². The molecule has 0 saturated heterocycles. The summed E-state index contributed by atoms with van der Waals surface area (Å²) in [5.41, 5.74) is 1.19. The Morgan fingerprint density at radius 3 is 2.36 bits per heavy atom. The van der Waals surface area contributed by atoms with Gasteiger partial charge < -0.3 is 19.5 Å². The lowest BCUT2D eigenvalue weighted by Crippen LogP contribution is -3.08. The number of amides is 1. The zero-order valence-corrected chi connectivity index (χ0v) is 18.1. The van der Waals surface area contributed by atoms with Crippen molar-refractivity contribution in [3.8, 4) is 0 Å². The summed E-state index contributed by atoms with van der Waals surface area (Å²) in [5, 5.41) is 2.85. The lowest BCUT2D eigenvalue weighted by Gasteiger charge is -2.20. The van der Waals surface area contributed by atoms with E-state index in [4.69, 9.17) is 4.42 Å². The van der Waals surface area contributed by atoms with Crippen molar-refractivity contribution in [1.29, 1.82) is 0 Å². The highest BCUT2D eigenvalue weighted by Gasteiger charge is 2.21. The molecule has 1 unspecified atom stereocenters.